The predicted molar refractivity (Wildman–Crippen MR) is 88.8 cm³/mol. The van der Waals surface area contributed by atoms with E-state index in [9.17, 15) is 4.39 Å². The molecule has 2 aromatic rings. The van der Waals surface area contributed by atoms with Gasteiger partial charge >= 0.3 is 0 Å². The van der Waals surface area contributed by atoms with Gasteiger partial charge in [0.25, 0.3) is 0 Å². The SMILES string of the molecule is Cc1cc(F)cc(C)c1CNc1nnc(C(C)C)c(C)c1C. The van der Waals surface area contributed by atoms with E-state index < -0.39 is 0 Å². The number of nitrogens with zero attached hydrogens (tertiary/aromatic N) is 2. The van der Waals surface area contributed by atoms with E-state index in [1.165, 1.54) is 5.56 Å². The molecule has 0 atom stereocenters. The van der Waals surface area contributed by atoms with Crippen LogP contribution in [0.5, 0.6) is 0 Å². The molecular weight excluding hydrogens is 277 g/mol. The number of hydrogen-bond acceptors (Lipinski definition) is 3. The van der Waals surface area contributed by atoms with Gasteiger partial charge in [-0.25, -0.2) is 4.39 Å². The summed E-state index contributed by atoms with van der Waals surface area (Å²) in [7, 11) is 0. The largest absolute Gasteiger partial charge is 0.364 e. The molecule has 1 heterocycles. The van der Waals surface area contributed by atoms with E-state index >= 15 is 0 Å². The van der Waals surface area contributed by atoms with Crippen LogP contribution in [0.1, 0.15) is 53.3 Å². The van der Waals surface area contributed by atoms with E-state index in [-0.39, 0.29) is 5.82 Å². The molecule has 0 bridgehead atoms. The zero-order valence-corrected chi connectivity index (χ0v) is 14.2. The van der Waals surface area contributed by atoms with Crippen LogP contribution in [0.15, 0.2) is 12.1 Å². The van der Waals surface area contributed by atoms with Gasteiger partial charge in [-0.1, -0.05) is 13.8 Å². The van der Waals surface area contributed by atoms with Crippen molar-refractivity contribution in [2.24, 2.45) is 0 Å². The molecule has 4 heteroatoms. The molecule has 1 N–H and O–H groups in total. The minimum Gasteiger partial charge on any atom is -0.364 e. The Kier molecular flexibility index (Phi) is 4.79. The molecule has 0 aliphatic rings. The summed E-state index contributed by atoms with van der Waals surface area (Å²) >= 11 is 0. The predicted octanol–water partition coefficient (Wildman–Crippen LogP) is 4.58. The molecule has 1 aromatic heterocycles. The van der Waals surface area contributed by atoms with Crippen LogP contribution in [-0.2, 0) is 6.54 Å². The second-order valence-electron chi connectivity index (χ2n) is 6.21. The molecule has 0 spiro atoms. The van der Waals surface area contributed by atoms with E-state index in [0.717, 1.165) is 33.8 Å². The van der Waals surface area contributed by atoms with Crippen molar-refractivity contribution >= 4 is 5.82 Å². The van der Waals surface area contributed by atoms with Crippen molar-refractivity contribution in [1.82, 2.24) is 10.2 Å². The fourth-order valence-corrected chi connectivity index (χ4v) is 2.73. The van der Waals surface area contributed by atoms with E-state index in [1.54, 1.807) is 12.1 Å². The number of halogens is 1. The van der Waals surface area contributed by atoms with Gasteiger partial charge in [0.2, 0.25) is 0 Å². The van der Waals surface area contributed by atoms with Gasteiger partial charge in [-0.05, 0) is 73.6 Å². The number of rotatable bonds is 4. The quantitative estimate of drug-likeness (QED) is 0.898. The number of nitrogens with one attached hydrogen (secondary N) is 1. The summed E-state index contributed by atoms with van der Waals surface area (Å²) < 4.78 is 13.4. The number of aromatic nitrogens is 2. The van der Waals surface area contributed by atoms with Crippen LogP contribution in [0.4, 0.5) is 10.2 Å². The zero-order valence-electron chi connectivity index (χ0n) is 14.2. The minimum atomic E-state index is -0.188. The highest BCUT2D eigenvalue weighted by Crippen LogP contribution is 2.24. The maximum Gasteiger partial charge on any atom is 0.152 e. The summed E-state index contributed by atoms with van der Waals surface area (Å²) in [5.74, 6) is 0.971. The molecule has 1 aromatic carbocycles. The molecule has 0 amide bonds. The highest BCUT2D eigenvalue weighted by molar-refractivity contribution is 5.49. The minimum absolute atomic E-state index is 0.188. The van der Waals surface area contributed by atoms with Gasteiger partial charge in [0.1, 0.15) is 5.82 Å². The van der Waals surface area contributed by atoms with E-state index in [4.69, 9.17) is 0 Å². The zero-order chi connectivity index (χ0) is 16.4. The lowest BCUT2D eigenvalue weighted by Crippen LogP contribution is -2.10. The molecule has 0 unspecified atom stereocenters. The average Bonchev–Trinajstić information content (AvgIpc) is 2.41. The monoisotopic (exact) mass is 301 g/mol. The van der Waals surface area contributed by atoms with Crippen LogP contribution >= 0.6 is 0 Å². The molecular formula is C18H24FN3. The Balaban J connectivity index is 2.25. The number of benzene rings is 1. The molecule has 0 aliphatic heterocycles. The third-order valence-corrected chi connectivity index (χ3v) is 4.20. The molecule has 2 rings (SSSR count). The topological polar surface area (TPSA) is 37.8 Å². The molecule has 3 nitrogen and oxygen atoms in total. The maximum atomic E-state index is 13.4. The van der Waals surface area contributed by atoms with Crippen LogP contribution < -0.4 is 5.32 Å². The second-order valence-corrected chi connectivity index (χ2v) is 6.21. The lowest BCUT2D eigenvalue weighted by atomic mass is 10.0. The maximum absolute atomic E-state index is 13.4. The van der Waals surface area contributed by atoms with Crippen molar-refractivity contribution in [3.8, 4) is 0 Å². The van der Waals surface area contributed by atoms with Crippen LogP contribution in [0.2, 0.25) is 0 Å². The summed E-state index contributed by atoms with van der Waals surface area (Å²) in [5, 5.41) is 12.0. The Bertz CT molecular complexity index is 670. The van der Waals surface area contributed by atoms with Crippen molar-refractivity contribution in [2.75, 3.05) is 5.32 Å². The smallest absolute Gasteiger partial charge is 0.152 e. The first-order valence-corrected chi connectivity index (χ1v) is 7.64. The van der Waals surface area contributed by atoms with Gasteiger partial charge in [0, 0.05) is 6.54 Å². The first kappa shape index (κ1) is 16.4. The summed E-state index contributed by atoms with van der Waals surface area (Å²) in [6.45, 7) is 12.9. The van der Waals surface area contributed by atoms with Gasteiger partial charge in [-0.3, -0.25) is 0 Å². The Labute approximate surface area is 132 Å². The molecule has 0 fully saturated rings. The first-order valence-electron chi connectivity index (χ1n) is 7.64. The number of aryl methyl sites for hydroxylation is 2. The number of anilines is 1. The highest BCUT2D eigenvalue weighted by atomic mass is 19.1. The fourth-order valence-electron chi connectivity index (χ4n) is 2.73. The van der Waals surface area contributed by atoms with Crippen molar-refractivity contribution < 1.29 is 4.39 Å². The molecule has 0 saturated carbocycles. The van der Waals surface area contributed by atoms with Crippen LogP contribution in [0.3, 0.4) is 0 Å². The fraction of sp³-hybridized carbons (Fsp3) is 0.444. The van der Waals surface area contributed by atoms with Crippen LogP contribution in [0.25, 0.3) is 0 Å². The molecule has 0 saturated heterocycles. The molecule has 22 heavy (non-hydrogen) atoms. The van der Waals surface area contributed by atoms with Crippen LogP contribution in [-0.4, -0.2) is 10.2 Å². The van der Waals surface area contributed by atoms with Crippen molar-refractivity contribution in [3.05, 3.63) is 51.5 Å². The number of hydrogen-bond donors (Lipinski definition) is 1. The Hall–Kier alpha value is -1.97. The van der Waals surface area contributed by atoms with E-state index in [1.807, 2.05) is 13.8 Å². The van der Waals surface area contributed by atoms with Gasteiger partial charge in [0.15, 0.2) is 5.82 Å². The van der Waals surface area contributed by atoms with Gasteiger partial charge < -0.3 is 5.32 Å². The third kappa shape index (κ3) is 3.26. The molecule has 0 radical (unpaired) electrons. The van der Waals surface area contributed by atoms with Gasteiger partial charge in [0.05, 0.1) is 5.69 Å². The lowest BCUT2D eigenvalue weighted by molar-refractivity contribution is 0.624. The van der Waals surface area contributed by atoms with Crippen molar-refractivity contribution in [1.29, 1.82) is 0 Å². The standard InChI is InChI=1S/C18H24FN3/c1-10(2)17-13(5)14(6)18(22-21-17)20-9-16-11(3)7-15(19)8-12(16)4/h7-8,10H,9H2,1-6H3,(H,20,22). The normalized spacial score (nSPS) is 11.1. The molecule has 118 valence electrons. The highest BCUT2D eigenvalue weighted by Gasteiger charge is 2.13. The summed E-state index contributed by atoms with van der Waals surface area (Å²) in [6, 6.07) is 3.13. The first-order chi connectivity index (χ1) is 10.3. The Morgan fingerprint density at radius 3 is 2.14 bits per heavy atom. The third-order valence-electron chi connectivity index (χ3n) is 4.20. The average molecular weight is 301 g/mol. The van der Waals surface area contributed by atoms with Crippen molar-refractivity contribution in [3.63, 3.8) is 0 Å². The van der Waals surface area contributed by atoms with Crippen LogP contribution in [0, 0.1) is 33.5 Å². The van der Waals surface area contributed by atoms with E-state index in [2.05, 4.69) is 43.2 Å². The lowest BCUT2D eigenvalue weighted by Gasteiger charge is -2.16. The second kappa shape index (κ2) is 6.42. The van der Waals surface area contributed by atoms with E-state index in [0.29, 0.717) is 12.5 Å². The summed E-state index contributed by atoms with van der Waals surface area (Å²) in [5.41, 5.74) is 6.35. The Morgan fingerprint density at radius 1 is 1.00 bits per heavy atom. The Morgan fingerprint density at radius 2 is 1.59 bits per heavy atom. The van der Waals surface area contributed by atoms with Gasteiger partial charge in [-0.2, -0.15) is 5.10 Å². The van der Waals surface area contributed by atoms with Crippen molar-refractivity contribution in [2.45, 2.75) is 54.0 Å². The molecule has 0 aliphatic carbocycles. The summed E-state index contributed by atoms with van der Waals surface area (Å²) in [6.07, 6.45) is 0. The van der Waals surface area contributed by atoms with Gasteiger partial charge in [-0.15, -0.1) is 5.10 Å². The summed E-state index contributed by atoms with van der Waals surface area (Å²) in [4.78, 5) is 0.